The Morgan fingerprint density at radius 3 is 2.74 bits per heavy atom. The van der Waals surface area contributed by atoms with Crippen LogP contribution >= 0.6 is 0 Å². The summed E-state index contributed by atoms with van der Waals surface area (Å²) in [5.41, 5.74) is -0.232. The third kappa shape index (κ3) is 2.84. The second kappa shape index (κ2) is 5.97. The Hall–Kier alpha value is -1.68. The van der Waals surface area contributed by atoms with Gasteiger partial charge in [0.25, 0.3) is 0 Å². The van der Waals surface area contributed by atoms with Crippen molar-refractivity contribution >= 4 is 11.8 Å². The van der Waals surface area contributed by atoms with Crippen LogP contribution in [0.1, 0.15) is 18.9 Å². The smallest absolute Gasteiger partial charge is 0.322 e. The molecule has 1 atom stereocenters. The van der Waals surface area contributed by atoms with E-state index in [1.165, 1.54) is 0 Å². The largest absolute Gasteiger partial charge is 0.465 e. The van der Waals surface area contributed by atoms with E-state index in [-0.39, 0.29) is 25.4 Å². The fourth-order valence-electron chi connectivity index (χ4n) is 2.34. The number of benzene rings is 1. The van der Waals surface area contributed by atoms with Gasteiger partial charge in [-0.25, -0.2) is 0 Å². The number of hydrogen-bond acceptors (Lipinski definition) is 4. The zero-order chi connectivity index (χ0) is 13.7. The average molecular weight is 262 g/mol. The number of carbonyl (C=O) groups excluding carboxylic acids is 2. The molecule has 1 unspecified atom stereocenters. The molecule has 0 saturated carbocycles. The number of carbonyl (C=O) groups is 2. The van der Waals surface area contributed by atoms with Crippen LogP contribution in [-0.2, 0) is 25.5 Å². The van der Waals surface area contributed by atoms with E-state index >= 15 is 0 Å². The highest BCUT2D eigenvalue weighted by Gasteiger charge is 2.48. The van der Waals surface area contributed by atoms with E-state index in [2.05, 4.69) is 0 Å². The maximum Gasteiger partial charge on any atom is 0.322 e. The van der Waals surface area contributed by atoms with Crippen molar-refractivity contribution in [3.8, 4) is 0 Å². The van der Waals surface area contributed by atoms with Gasteiger partial charge in [-0.3, -0.25) is 9.59 Å². The normalized spacial score (nSPS) is 23.1. The zero-order valence-corrected chi connectivity index (χ0v) is 11.1. The van der Waals surface area contributed by atoms with Crippen molar-refractivity contribution in [1.82, 2.24) is 0 Å². The molecule has 1 aliphatic rings. The summed E-state index contributed by atoms with van der Waals surface area (Å²) in [5, 5.41) is 0. The Labute approximate surface area is 112 Å². The van der Waals surface area contributed by atoms with Crippen LogP contribution in [0.25, 0.3) is 0 Å². The minimum atomic E-state index is -1.17. The third-order valence-electron chi connectivity index (χ3n) is 3.37. The summed E-state index contributed by atoms with van der Waals surface area (Å²) in [6.45, 7) is 2.50. The van der Waals surface area contributed by atoms with Crippen LogP contribution in [-0.4, -0.2) is 31.6 Å². The van der Waals surface area contributed by atoms with Crippen LogP contribution in [0, 0.1) is 5.41 Å². The molecule has 1 aromatic rings. The summed E-state index contributed by atoms with van der Waals surface area (Å²) in [6.07, 6.45) is 0.608. The van der Waals surface area contributed by atoms with E-state index in [4.69, 9.17) is 9.47 Å². The molecule has 0 amide bonds. The Balaban J connectivity index is 2.28. The van der Waals surface area contributed by atoms with E-state index in [0.717, 1.165) is 5.56 Å². The highest BCUT2D eigenvalue weighted by Crippen LogP contribution is 2.31. The maximum atomic E-state index is 12.3. The first-order chi connectivity index (χ1) is 9.19. The molecule has 1 saturated heterocycles. The first-order valence-corrected chi connectivity index (χ1v) is 6.51. The molecule has 4 nitrogen and oxygen atoms in total. The molecule has 0 bridgehead atoms. The van der Waals surface area contributed by atoms with E-state index < -0.39 is 11.4 Å². The van der Waals surface area contributed by atoms with Crippen molar-refractivity contribution in [3.63, 3.8) is 0 Å². The third-order valence-corrected chi connectivity index (χ3v) is 3.37. The Kier molecular flexibility index (Phi) is 4.32. The molecule has 19 heavy (non-hydrogen) atoms. The maximum absolute atomic E-state index is 12.3. The van der Waals surface area contributed by atoms with E-state index in [0.29, 0.717) is 13.0 Å². The molecular formula is C15H18O4. The van der Waals surface area contributed by atoms with Crippen LogP contribution in [0.3, 0.4) is 0 Å². The summed E-state index contributed by atoms with van der Waals surface area (Å²) >= 11 is 0. The van der Waals surface area contributed by atoms with Crippen LogP contribution in [0.15, 0.2) is 30.3 Å². The van der Waals surface area contributed by atoms with Gasteiger partial charge in [0.1, 0.15) is 0 Å². The summed E-state index contributed by atoms with van der Waals surface area (Å²) < 4.78 is 10.5. The van der Waals surface area contributed by atoms with Crippen molar-refractivity contribution in [3.05, 3.63) is 35.9 Å². The number of ketones is 1. The van der Waals surface area contributed by atoms with Gasteiger partial charge in [0.15, 0.2) is 11.2 Å². The van der Waals surface area contributed by atoms with E-state index in [1.54, 1.807) is 6.92 Å². The molecule has 4 heteroatoms. The molecule has 2 rings (SSSR count). The Morgan fingerprint density at radius 1 is 1.37 bits per heavy atom. The second-order valence-corrected chi connectivity index (χ2v) is 4.69. The quantitative estimate of drug-likeness (QED) is 0.613. The molecule has 1 aromatic carbocycles. The first-order valence-electron chi connectivity index (χ1n) is 6.51. The lowest BCUT2D eigenvalue weighted by Crippen LogP contribution is -2.49. The molecule has 0 aromatic heterocycles. The van der Waals surface area contributed by atoms with Crippen molar-refractivity contribution in [2.24, 2.45) is 5.41 Å². The highest BCUT2D eigenvalue weighted by atomic mass is 16.5. The zero-order valence-electron chi connectivity index (χ0n) is 11.1. The number of Topliss-reactive ketones (excluding diaryl/α,β-unsaturated/α-hetero) is 1. The fraction of sp³-hybridized carbons (Fsp3) is 0.467. The van der Waals surface area contributed by atoms with Gasteiger partial charge < -0.3 is 9.47 Å². The van der Waals surface area contributed by atoms with Gasteiger partial charge in [0, 0.05) is 6.42 Å². The van der Waals surface area contributed by atoms with Gasteiger partial charge in [-0.15, -0.1) is 0 Å². The van der Waals surface area contributed by atoms with Gasteiger partial charge in [-0.2, -0.15) is 0 Å². The first kappa shape index (κ1) is 13.7. The van der Waals surface area contributed by atoms with Crippen LogP contribution in [0.5, 0.6) is 0 Å². The standard InChI is InChI=1S/C15H18O4/c1-2-19-14(17)15(11-18-9-8-13(15)16)10-12-6-4-3-5-7-12/h3-7H,2,8-11H2,1H3. The van der Waals surface area contributed by atoms with Crippen molar-refractivity contribution in [1.29, 1.82) is 0 Å². The average Bonchev–Trinajstić information content (AvgIpc) is 2.43. The van der Waals surface area contributed by atoms with Crippen LogP contribution < -0.4 is 0 Å². The van der Waals surface area contributed by atoms with Gasteiger partial charge in [0.2, 0.25) is 0 Å². The number of esters is 1. The molecule has 0 N–H and O–H groups in total. The molecule has 1 fully saturated rings. The summed E-state index contributed by atoms with van der Waals surface area (Å²) in [7, 11) is 0. The molecule has 0 spiro atoms. The lowest BCUT2D eigenvalue weighted by atomic mass is 9.76. The lowest BCUT2D eigenvalue weighted by molar-refractivity contribution is -0.169. The van der Waals surface area contributed by atoms with Gasteiger partial charge >= 0.3 is 5.97 Å². The fourth-order valence-corrected chi connectivity index (χ4v) is 2.34. The van der Waals surface area contributed by atoms with Gasteiger partial charge in [0.05, 0.1) is 19.8 Å². The van der Waals surface area contributed by atoms with Crippen molar-refractivity contribution in [2.45, 2.75) is 19.8 Å². The predicted molar refractivity (Wildman–Crippen MR) is 69.7 cm³/mol. The topological polar surface area (TPSA) is 52.6 Å². The Bertz CT molecular complexity index is 454. The summed E-state index contributed by atoms with van der Waals surface area (Å²) in [6, 6.07) is 9.50. The monoisotopic (exact) mass is 262 g/mol. The van der Waals surface area contributed by atoms with E-state index in [1.807, 2.05) is 30.3 Å². The van der Waals surface area contributed by atoms with Crippen LogP contribution in [0.2, 0.25) is 0 Å². The number of hydrogen-bond donors (Lipinski definition) is 0. The summed E-state index contributed by atoms with van der Waals surface area (Å²) in [4.78, 5) is 24.5. The van der Waals surface area contributed by atoms with Gasteiger partial charge in [-0.05, 0) is 18.9 Å². The molecule has 102 valence electrons. The van der Waals surface area contributed by atoms with Crippen LogP contribution in [0.4, 0.5) is 0 Å². The van der Waals surface area contributed by atoms with Crippen molar-refractivity contribution < 1.29 is 19.1 Å². The minimum absolute atomic E-state index is 0.0824. The summed E-state index contributed by atoms with van der Waals surface area (Å²) in [5.74, 6) is -0.551. The molecule has 0 aliphatic carbocycles. The minimum Gasteiger partial charge on any atom is -0.465 e. The van der Waals surface area contributed by atoms with Gasteiger partial charge in [-0.1, -0.05) is 30.3 Å². The number of rotatable bonds is 4. The number of ether oxygens (including phenoxy) is 2. The Morgan fingerprint density at radius 2 is 2.11 bits per heavy atom. The second-order valence-electron chi connectivity index (χ2n) is 4.69. The highest BCUT2D eigenvalue weighted by molar-refractivity contribution is 6.04. The molecule has 1 aliphatic heterocycles. The molecular weight excluding hydrogens is 244 g/mol. The predicted octanol–water partition coefficient (Wildman–Crippen LogP) is 1.77. The molecule has 1 heterocycles. The molecule has 0 radical (unpaired) electrons. The lowest BCUT2D eigenvalue weighted by Gasteiger charge is -2.33. The van der Waals surface area contributed by atoms with E-state index in [9.17, 15) is 9.59 Å². The van der Waals surface area contributed by atoms with Crippen molar-refractivity contribution in [2.75, 3.05) is 19.8 Å². The SMILES string of the molecule is CCOC(=O)C1(Cc2ccccc2)COCCC1=O.